The summed E-state index contributed by atoms with van der Waals surface area (Å²) in [4.78, 5) is 29.1. The SMILES string of the molecule is CCOc1cc2c(cc1CNC(=O)c1ccc(NC(=O)CSc3nccn3C)cc1)O[C@@H](C)C2. The maximum Gasteiger partial charge on any atom is 0.251 e. The number of imidazole rings is 1. The lowest BCUT2D eigenvalue weighted by Crippen LogP contribution is -2.23. The second-order valence-electron chi connectivity index (χ2n) is 8.05. The van der Waals surface area contributed by atoms with E-state index in [9.17, 15) is 9.59 Å². The molecule has 1 aromatic heterocycles. The van der Waals surface area contributed by atoms with E-state index in [1.165, 1.54) is 11.8 Å². The van der Waals surface area contributed by atoms with Crippen LogP contribution in [0.2, 0.25) is 0 Å². The van der Waals surface area contributed by atoms with Gasteiger partial charge in [0.1, 0.15) is 17.6 Å². The summed E-state index contributed by atoms with van der Waals surface area (Å²) >= 11 is 1.36. The zero-order valence-corrected chi connectivity index (χ0v) is 20.3. The van der Waals surface area contributed by atoms with Crippen molar-refractivity contribution >= 4 is 29.3 Å². The first kappa shape index (κ1) is 23.7. The summed E-state index contributed by atoms with van der Waals surface area (Å²) in [5.74, 6) is 1.52. The molecule has 2 N–H and O–H groups in total. The van der Waals surface area contributed by atoms with Crippen LogP contribution < -0.4 is 20.1 Å². The van der Waals surface area contributed by atoms with E-state index < -0.39 is 0 Å². The number of nitrogens with zero attached hydrogens (tertiary/aromatic N) is 2. The van der Waals surface area contributed by atoms with Crippen molar-refractivity contribution in [2.24, 2.45) is 7.05 Å². The van der Waals surface area contributed by atoms with E-state index >= 15 is 0 Å². The fourth-order valence-electron chi connectivity index (χ4n) is 3.71. The fourth-order valence-corrected chi connectivity index (χ4v) is 4.44. The number of hydrogen-bond acceptors (Lipinski definition) is 6. The highest BCUT2D eigenvalue weighted by atomic mass is 32.2. The Bertz CT molecular complexity index is 1180. The van der Waals surface area contributed by atoms with Crippen molar-refractivity contribution in [3.05, 3.63) is 65.5 Å². The van der Waals surface area contributed by atoms with Crippen LogP contribution in [0.15, 0.2) is 53.9 Å². The number of rotatable bonds is 9. The predicted molar refractivity (Wildman–Crippen MR) is 132 cm³/mol. The number of aromatic nitrogens is 2. The molecule has 1 aliphatic heterocycles. The van der Waals surface area contributed by atoms with Gasteiger partial charge in [-0.15, -0.1) is 0 Å². The number of hydrogen-bond donors (Lipinski definition) is 2. The van der Waals surface area contributed by atoms with Gasteiger partial charge in [-0.2, -0.15) is 0 Å². The van der Waals surface area contributed by atoms with Gasteiger partial charge in [0.15, 0.2) is 5.16 Å². The molecule has 0 saturated carbocycles. The first-order chi connectivity index (χ1) is 16.4. The second kappa shape index (κ2) is 10.6. The van der Waals surface area contributed by atoms with Crippen LogP contribution >= 0.6 is 11.8 Å². The minimum Gasteiger partial charge on any atom is -0.494 e. The van der Waals surface area contributed by atoms with Crippen molar-refractivity contribution in [3.63, 3.8) is 0 Å². The molecule has 4 rings (SSSR count). The molecular weight excluding hydrogens is 452 g/mol. The van der Waals surface area contributed by atoms with Gasteiger partial charge in [-0.3, -0.25) is 9.59 Å². The number of carbonyl (C=O) groups is 2. The third-order valence-electron chi connectivity index (χ3n) is 5.36. The van der Waals surface area contributed by atoms with Gasteiger partial charge in [-0.1, -0.05) is 11.8 Å². The molecule has 2 amide bonds. The van der Waals surface area contributed by atoms with E-state index in [1.54, 1.807) is 30.5 Å². The molecule has 0 saturated heterocycles. The Morgan fingerprint density at radius 2 is 2.06 bits per heavy atom. The van der Waals surface area contributed by atoms with Gasteiger partial charge in [-0.05, 0) is 50.2 Å². The number of carbonyl (C=O) groups excluding carboxylic acids is 2. The maximum atomic E-state index is 12.7. The molecule has 0 bridgehead atoms. The van der Waals surface area contributed by atoms with E-state index in [-0.39, 0.29) is 23.7 Å². The monoisotopic (exact) mass is 480 g/mol. The average Bonchev–Trinajstić information content (AvgIpc) is 3.40. The first-order valence-electron chi connectivity index (χ1n) is 11.2. The van der Waals surface area contributed by atoms with Crippen LogP contribution in [0.25, 0.3) is 0 Å². The normalized spacial score (nSPS) is 14.3. The number of thioether (sulfide) groups is 1. The van der Waals surface area contributed by atoms with E-state index in [4.69, 9.17) is 9.47 Å². The third-order valence-corrected chi connectivity index (χ3v) is 6.42. The van der Waals surface area contributed by atoms with Crippen LogP contribution in [0.1, 0.15) is 35.3 Å². The zero-order valence-electron chi connectivity index (χ0n) is 19.5. The number of aryl methyl sites for hydroxylation is 1. The van der Waals surface area contributed by atoms with Crippen molar-refractivity contribution in [1.29, 1.82) is 0 Å². The molecule has 8 nitrogen and oxygen atoms in total. The fraction of sp³-hybridized carbons (Fsp3) is 0.320. The van der Waals surface area contributed by atoms with Gasteiger partial charge >= 0.3 is 0 Å². The van der Waals surface area contributed by atoms with Gasteiger partial charge in [0.2, 0.25) is 5.91 Å². The molecule has 0 unspecified atom stereocenters. The summed E-state index contributed by atoms with van der Waals surface area (Å²) in [6.45, 7) is 4.84. The molecule has 2 heterocycles. The molecule has 2 aromatic carbocycles. The molecule has 0 aliphatic carbocycles. The highest BCUT2D eigenvalue weighted by molar-refractivity contribution is 7.99. The van der Waals surface area contributed by atoms with Gasteiger partial charge < -0.3 is 24.7 Å². The zero-order chi connectivity index (χ0) is 24.1. The lowest BCUT2D eigenvalue weighted by molar-refractivity contribution is -0.113. The number of amides is 2. The van der Waals surface area contributed by atoms with Gasteiger partial charge in [0.25, 0.3) is 5.91 Å². The molecule has 3 aromatic rings. The van der Waals surface area contributed by atoms with Crippen LogP contribution in [-0.4, -0.2) is 39.8 Å². The first-order valence-corrected chi connectivity index (χ1v) is 12.1. The summed E-state index contributed by atoms with van der Waals surface area (Å²) in [7, 11) is 1.88. The Hall–Kier alpha value is -3.46. The largest absolute Gasteiger partial charge is 0.494 e. The quantitative estimate of drug-likeness (QED) is 0.453. The van der Waals surface area contributed by atoms with E-state index in [2.05, 4.69) is 15.6 Å². The van der Waals surface area contributed by atoms with Crippen molar-refractivity contribution in [3.8, 4) is 11.5 Å². The van der Waals surface area contributed by atoms with Crippen LogP contribution in [0, 0.1) is 0 Å². The van der Waals surface area contributed by atoms with Crippen LogP contribution in [-0.2, 0) is 24.8 Å². The van der Waals surface area contributed by atoms with Crippen molar-refractivity contribution in [2.75, 3.05) is 17.7 Å². The van der Waals surface area contributed by atoms with Gasteiger partial charge in [0, 0.05) is 54.8 Å². The minimum absolute atomic E-state index is 0.137. The standard InChI is InChI=1S/C25H28N4O4S/c1-4-32-21-12-18-11-16(2)33-22(18)13-19(21)14-27-24(31)17-5-7-20(8-6-17)28-23(30)15-34-25-26-9-10-29(25)3/h5-10,12-13,16H,4,11,14-15H2,1-3H3,(H,27,31)(H,28,30)/t16-/m0/s1. The molecular formula is C25H28N4O4S. The second-order valence-corrected chi connectivity index (χ2v) is 8.99. The highest BCUT2D eigenvalue weighted by Gasteiger charge is 2.22. The minimum atomic E-state index is -0.208. The molecule has 0 radical (unpaired) electrons. The van der Waals surface area contributed by atoms with Crippen molar-refractivity contribution in [2.45, 2.75) is 38.1 Å². The third kappa shape index (κ3) is 5.72. The lowest BCUT2D eigenvalue weighted by Gasteiger charge is -2.13. The number of fused-ring (bicyclic) bond motifs is 1. The molecule has 178 valence electrons. The van der Waals surface area contributed by atoms with Crippen LogP contribution in [0.5, 0.6) is 11.5 Å². The van der Waals surface area contributed by atoms with Crippen molar-refractivity contribution in [1.82, 2.24) is 14.9 Å². The Balaban J connectivity index is 1.32. The maximum absolute atomic E-state index is 12.7. The smallest absolute Gasteiger partial charge is 0.251 e. The summed E-state index contributed by atoms with van der Waals surface area (Å²) in [5, 5.41) is 6.56. The number of benzene rings is 2. The van der Waals surface area contributed by atoms with Gasteiger partial charge in [-0.25, -0.2) is 4.98 Å². The molecule has 34 heavy (non-hydrogen) atoms. The Morgan fingerprint density at radius 1 is 1.26 bits per heavy atom. The molecule has 0 spiro atoms. The Labute approximate surface area is 203 Å². The predicted octanol–water partition coefficient (Wildman–Crippen LogP) is 3.80. The van der Waals surface area contributed by atoms with Crippen LogP contribution in [0.3, 0.4) is 0 Å². The molecule has 0 fully saturated rings. The van der Waals surface area contributed by atoms with E-state index in [1.807, 2.05) is 43.8 Å². The van der Waals surface area contributed by atoms with Crippen LogP contribution in [0.4, 0.5) is 5.69 Å². The highest BCUT2D eigenvalue weighted by Crippen LogP contribution is 2.35. The van der Waals surface area contributed by atoms with Crippen molar-refractivity contribution < 1.29 is 19.1 Å². The number of anilines is 1. The summed E-state index contributed by atoms with van der Waals surface area (Å²) in [5.41, 5.74) is 3.13. The number of nitrogens with one attached hydrogen (secondary N) is 2. The summed E-state index contributed by atoms with van der Waals surface area (Å²) < 4.78 is 13.5. The molecule has 1 aliphatic rings. The number of ether oxygens (including phenoxy) is 2. The Kier molecular flexibility index (Phi) is 7.42. The van der Waals surface area contributed by atoms with E-state index in [0.29, 0.717) is 24.4 Å². The summed E-state index contributed by atoms with van der Waals surface area (Å²) in [6.07, 6.45) is 4.52. The van der Waals surface area contributed by atoms with Gasteiger partial charge in [0.05, 0.1) is 12.4 Å². The molecule has 1 atom stereocenters. The average molecular weight is 481 g/mol. The van der Waals surface area contributed by atoms with E-state index in [0.717, 1.165) is 34.2 Å². The lowest BCUT2D eigenvalue weighted by atomic mass is 10.1. The Morgan fingerprint density at radius 3 is 2.76 bits per heavy atom. The topological polar surface area (TPSA) is 94.5 Å². The molecule has 9 heteroatoms. The summed E-state index contributed by atoms with van der Waals surface area (Å²) in [6, 6.07) is 10.8.